The van der Waals surface area contributed by atoms with Gasteiger partial charge < -0.3 is 21.1 Å². The average molecular weight is 519 g/mol. The minimum atomic E-state index is -5.08. The molecule has 4 rings (SSSR count). The van der Waals surface area contributed by atoms with Crippen LogP contribution >= 0.6 is 0 Å². The number of carbonyl (C=O) groups excluding carboxylic acids is 1. The van der Waals surface area contributed by atoms with Crippen molar-refractivity contribution in [3.63, 3.8) is 0 Å². The minimum Gasteiger partial charge on any atom is -0.475 e. The number of amides is 1. The predicted molar refractivity (Wildman–Crippen MR) is 128 cm³/mol. The molecular weight excluding hydrogens is 495 g/mol. The Bertz CT molecular complexity index is 1410. The van der Waals surface area contributed by atoms with Crippen LogP contribution in [0.15, 0.2) is 35.3 Å². The summed E-state index contributed by atoms with van der Waals surface area (Å²) in [6.07, 6.45) is -3.49. The second-order valence-electron chi connectivity index (χ2n) is 7.83. The van der Waals surface area contributed by atoms with Gasteiger partial charge in [0.15, 0.2) is 0 Å². The molecule has 0 bridgehead atoms. The molecule has 1 amide bonds. The first-order valence-electron chi connectivity index (χ1n) is 11.0. The van der Waals surface area contributed by atoms with Gasteiger partial charge in [-0.2, -0.15) is 18.3 Å². The van der Waals surface area contributed by atoms with Crippen LogP contribution in [0, 0.1) is 11.8 Å². The standard InChI is InChI=1S/C21H23N7O2.C2HF3O2/c1-2-3-10-27-18-17(25-21(27)26-11-8-23-9-12-26)13-24-28(20(18)30)14-15-6-4-5-7-16(15)19(22)29;3-2(4,5)1(6)7/h4-7,13,23H,8-12,14H2,1H3,(H2,22,29);(H,6,7). The van der Waals surface area contributed by atoms with Crippen molar-refractivity contribution in [2.75, 3.05) is 31.1 Å². The van der Waals surface area contributed by atoms with Gasteiger partial charge in [0.05, 0.1) is 19.3 Å². The highest BCUT2D eigenvalue weighted by molar-refractivity contribution is 5.94. The Hall–Kier alpha value is -4.38. The molecule has 0 radical (unpaired) electrons. The van der Waals surface area contributed by atoms with E-state index >= 15 is 0 Å². The average Bonchev–Trinajstić information content (AvgIpc) is 3.24. The van der Waals surface area contributed by atoms with Crippen molar-refractivity contribution < 1.29 is 27.9 Å². The van der Waals surface area contributed by atoms with Crippen LogP contribution in [0.2, 0.25) is 0 Å². The molecule has 4 N–H and O–H groups in total. The first kappa shape index (κ1) is 27.2. The molecule has 37 heavy (non-hydrogen) atoms. The molecule has 11 nitrogen and oxygen atoms in total. The van der Waals surface area contributed by atoms with Crippen molar-refractivity contribution in [1.82, 2.24) is 24.6 Å². The van der Waals surface area contributed by atoms with Crippen LogP contribution in [-0.2, 0) is 17.9 Å². The van der Waals surface area contributed by atoms with E-state index < -0.39 is 18.1 Å². The van der Waals surface area contributed by atoms with Crippen LogP contribution in [0.1, 0.15) is 22.8 Å². The van der Waals surface area contributed by atoms with Gasteiger partial charge in [0.2, 0.25) is 11.9 Å². The molecule has 14 heteroatoms. The monoisotopic (exact) mass is 519 g/mol. The summed E-state index contributed by atoms with van der Waals surface area (Å²) in [6, 6.07) is 6.95. The maximum atomic E-state index is 13.3. The highest BCUT2D eigenvalue weighted by Crippen LogP contribution is 2.20. The topological polar surface area (TPSA) is 148 Å². The summed E-state index contributed by atoms with van der Waals surface area (Å²) < 4.78 is 34.9. The number of carbonyl (C=O) groups is 2. The Morgan fingerprint density at radius 2 is 1.86 bits per heavy atom. The number of carboxylic acid groups (broad SMARTS) is 1. The SMILES string of the molecule is CC#CCn1c(N2CCNCC2)nc2cnn(Cc3ccccc3C(N)=O)c(=O)c21.O=C(O)C(F)(F)F. The van der Waals surface area contributed by atoms with Crippen molar-refractivity contribution >= 4 is 28.9 Å². The summed E-state index contributed by atoms with van der Waals surface area (Å²) >= 11 is 0. The number of anilines is 1. The predicted octanol–water partition coefficient (Wildman–Crippen LogP) is 0.806. The van der Waals surface area contributed by atoms with Crippen LogP contribution in [0.3, 0.4) is 0 Å². The Morgan fingerprint density at radius 3 is 2.46 bits per heavy atom. The number of nitrogens with one attached hydrogen (secondary N) is 1. The number of carboxylic acids is 1. The Morgan fingerprint density at radius 1 is 1.22 bits per heavy atom. The molecule has 0 spiro atoms. The van der Waals surface area contributed by atoms with E-state index in [0.717, 1.165) is 32.1 Å². The second kappa shape index (κ2) is 11.6. The third-order valence-electron chi connectivity index (χ3n) is 5.39. The van der Waals surface area contributed by atoms with E-state index in [-0.39, 0.29) is 12.1 Å². The van der Waals surface area contributed by atoms with E-state index in [9.17, 15) is 22.8 Å². The Labute approximate surface area is 208 Å². The molecule has 0 saturated carbocycles. The van der Waals surface area contributed by atoms with Gasteiger partial charge in [0.1, 0.15) is 11.0 Å². The van der Waals surface area contributed by atoms with Crippen molar-refractivity contribution in [3.8, 4) is 11.8 Å². The summed E-state index contributed by atoms with van der Waals surface area (Å²) in [5.41, 5.74) is 7.20. The first-order valence-corrected chi connectivity index (χ1v) is 11.0. The van der Waals surface area contributed by atoms with Gasteiger partial charge in [0.25, 0.3) is 5.56 Å². The number of nitrogens with two attached hydrogens (primary N) is 1. The van der Waals surface area contributed by atoms with Crippen LogP contribution in [0.4, 0.5) is 19.1 Å². The lowest BCUT2D eigenvalue weighted by Gasteiger charge is -2.28. The zero-order valence-corrected chi connectivity index (χ0v) is 19.7. The number of aromatic nitrogens is 4. The number of halogens is 3. The number of primary amides is 1. The molecule has 0 aliphatic carbocycles. The van der Waals surface area contributed by atoms with Crippen LogP contribution in [0.25, 0.3) is 11.0 Å². The third kappa shape index (κ3) is 6.44. The fourth-order valence-corrected chi connectivity index (χ4v) is 3.66. The van der Waals surface area contributed by atoms with Crippen LogP contribution in [0.5, 0.6) is 0 Å². The van der Waals surface area contributed by atoms with E-state index in [2.05, 4.69) is 32.1 Å². The molecule has 1 fully saturated rings. The Balaban J connectivity index is 0.000000479. The molecule has 3 heterocycles. The summed E-state index contributed by atoms with van der Waals surface area (Å²) in [4.78, 5) is 40.8. The molecule has 1 saturated heterocycles. The summed E-state index contributed by atoms with van der Waals surface area (Å²) in [6.45, 7) is 5.59. The smallest absolute Gasteiger partial charge is 0.475 e. The molecule has 1 aliphatic rings. The van der Waals surface area contributed by atoms with E-state index in [1.54, 1.807) is 37.4 Å². The summed E-state index contributed by atoms with van der Waals surface area (Å²) in [7, 11) is 0. The summed E-state index contributed by atoms with van der Waals surface area (Å²) in [5, 5.41) is 14.7. The van der Waals surface area contributed by atoms with Gasteiger partial charge in [-0.05, 0) is 18.6 Å². The fraction of sp³-hybridized carbons (Fsp3) is 0.348. The van der Waals surface area contributed by atoms with E-state index in [4.69, 9.17) is 15.6 Å². The zero-order valence-electron chi connectivity index (χ0n) is 19.7. The van der Waals surface area contributed by atoms with Crippen LogP contribution < -0.4 is 21.5 Å². The lowest BCUT2D eigenvalue weighted by atomic mass is 10.1. The highest BCUT2D eigenvalue weighted by Gasteiger charge is 2.38. The number of aliphatic carboxylic acids is 1. The number of hydrogen-bond acceptors (Lipinski definition) is 7. The molecule has 0 atom stereocenters. The van der Waals surface area contributed by atoms with E-state index in [0.29, 0.717) is 28.7 Å². The van der Waals surface area contributed by atoms with Crippen molar-refractivity contribution in [2.45, 2.75) is 26.2 Å². The summed E-state index contributed by atoms with van der Waals surface area (Å²) in [5.74, 6) is 3.36. The number of alkyl halides is 3. The molecule has 3 aromatic rings. The van der Waals surface area contributed by atoms with Crippen molar-refractivity contribution in [3.05, 3.63) is 51.9 Å². The van der Waals surface area contributed by atoms with E-state index in [1.165, 1.54) is 4.68 Å². The molecule has 1 aliphatic heterocycles. The van der Waals surface area contributed by atoms with Gasteiger partial charge in [-0.1, -0.05) is 24.1 Å². The van der Waals surface area contributed by atoms with Gasteiger partial charge in [0, 0.05) is 31.7 Å². The number of benzene rings is 1. The Kier molecular flexibility index (Phi) is 8.51. The molecule has 196 valence electrons. The second-order valence-corrected chi connectivity index (χ2v) is 7.83. The fourth-order valence-electron chi connectivity index (χ4n) is 3.66. The zero-order chi connectivity index (χ0) is 27.2. The molecule has 0 unspecified atom stereocenters. The van der Waals surface area contributed by atoms with Crippen molar-refractivity contribution in [1.29, 1.82) is 0 Å². The van der Waals surface area contributed by atoms with E-state index in [1.807, 2.05) is 4.57 Å². The minimum absolute atomic E-state index is 0.140. The first-order chi connectivity index (χ1) is 17.5. The van der Waals surface area contributed by atoms with Crippen LogP contribution in [-0.4, -0.2) is 68.7 Å². The largest absolute Gasteiger partial charge is 0.490 e. The normalized spacial score (nSPS) is 13.4. The van der Waals surface area contributed by atoms with Gasteiger partial charge in [-0.25, -0.2) is 14.5 Å². The molecular formula is C23H24F3N7O4. The lowest BCUT2D eigenvalue weighted by molar-refractivity contribution is -0.192. The quantitative estimate of drug-likeness (QED) is 0.420. The third-order valence-corrected chi connectivity index (χ3v) is 5.39. The maximum Gasteiger partial charge on any atom is 0.490 e. The van der Waals surface area contributed by atoms with Crippen molar-refractivity contribution in [2.24, 2.45) is 5.73 Å². The number of rotatable bonds is 5. The number of piperazine rings is 1. The molecule has 1 aromatic carbocycles. The van der Waals surface area contributed by atoms with Gasteiger partial charge >= 0.3 is 12.1 Å². The van der Waals surface area contributed by atoms with Gasteiger partial charge in [-0.3, -0.25) is 14.2 Å². The molecule has 2 aromatic heterocycles. The number of imidazole rings is 1. The lowest BCUT2D eigenvalue weighted by Crippen LogP contribution is -2.44. The maximum absolute atomic E-state index is 13.3. The number of hydrogen-bond donors (Lipinski definition) is 3. The highest BCUT2D eigenvalue weighted by atomic mass is 19.4. The number of nitrogens with zero attached hydrogens (tertiary/aromatic N) is 5. The van der Waals surface area contributed by atoms with Gasteiger partial charge in [-0.15, -0.1) is 5.92 Å². The number of fused-ring (bicyclic) bond motifs is 1.